The van der Waals surface area contributed by atoms with Gasteiger partial charge in [-0.15, -0.1) is 0 Å². The van der Waals surface area contributed by atoms with E-state index in [4.69, 9.17) is 0 Å². The SMILES string of the molecule is Cc1cc(C)c(NC(=O)c2cn3c4c(cc(Br)cc4c2=O)CC3C)c(C)c1. The number of aromatic nitrogens is 1. The Morgan fingerprint density at radius 1 is 1.15 bits per heavy atom. The summed E-state index contributed by atoms with van der Waals surface area (Å²) in [5.41, 5.74) is 5.94. The Balaban J connectivity index is 1.85. The van der Waals surface area contributed by atoms with Gasteiger partial charge in [-0.05, 0) is 62.9 Å². The lowest BCUT2D eigenvalue weighted by Gasteiger charge is -2.15. The molecule has 138 valence electrons. The number of nitrogens with one attached hydrogen (secondary N) is 1. The molecule has 1 aliphatic rings. The van der Waals surface area contributed by atoms with Crippen molar-refractivity contribution in [3.8, 4) is 0 Å². The average Bonchev–Trinajstić information content (AvgIpc) is 2.89. The molecular weight excluding hydrogens is 404 g/mol. The lowest BCUT2D eigenvalue weighted by molar-refractivity contribution is 0.102. The summed E-state index contributed by atoms with van der Waals surface area (Å²) >= 11 is 3.49. The summed E-state index contributed by atoms with van der Waals surface area (Å²) in [5, 5.41) is 3.55. The Kier molecular flexibility index (Phi) is 4.22. The van der Waals surface area contributed by atoms with Crippen LogP contribution in [0.5, 0.6) is 0 Å². The number of halogens is 1. The Bertz CT molecular complexity index is 1150. The second-order valence-electron chi connectivity index (χ2n) is 7.52. The van der Waals surface area contributed by atoms with Crippen molar-refractivity contribution in [1.29, 1.82) is 0 Å². The minimum Gasteiger partial charge on any atom is -0.343 e. The molecule has 4 nitrogen and oxygen atoms in total. The molecule has 0 spiro atoms. The second-order valence-corrected chi connectivity index (χ2v) is 8.44. The van der Waals surface area contributed by atoms with Gasteiger partial charge >= 0.3 is 0 Å². The zero-order chi connectivity index (χ0) is 19.5. The number of carbonyl (C=O) groups is 1. The number of carbonyl (C=O) groups excluding carboxylic acids is 1. The van der Waals surface area contributed by atoms with Crippen LogP contribution in [0.4, 0.5) is 5.69 Å². The molecule has 1 aliphatic heterocycles. The third-order valence-electron chi connectivity index (χ3n) is 5.32. The molecule has 1 N–H and O–H groups in total. The van der Waals surface area contributed by atoms with Gasteiger partial charge in [0.1, 0.15) is 5.56 Å². The molecule has 27 heavy (non-hydrogen) atoms. The van der Waals surface area contributed by atoms with Crippen LogP contribution in [-0.2, 0) is 6.42 Å². The number of hydrogen-bond acceptors (Lipinski definition) is 2. The summed E-state index contributed by atoms with van der Waals surface area (Å²) < 4.78 is 2.92. The van der Waals surface area contributed by atoms with Crippen LogP contribution in [0.15, 0.2) is 39.7 Å². The fourth-order valence-corrected chi connectivity index (χ4v) is 4.69. The van der Waals surface area contributed by atoms with Crippen LogP contribution in [-0.4, -0.2) is 10.5 Å². The van der Waals surface area contributed by atoms with Gasteiger partial charge in [0.15, 0.2) is 0 Å². The van der Waals surface area contributed by atoms with Gasteiger partial charge in [0, 0.05) is 27.8 Å². The highest BCUT2D eigenvalue weighted by Crippen LogP contribution is 2.33. The highest BCUT2D eigenvalue weighted by Gasteiger charge is 2.25. The third kappa shape index (κ3) is 2.90. The number of anilines is 1. The van der Waals surface area contributed by atoms with Crippen LogP contribution in [0.1, 0.15) is 45.6 Å². The lowest BCUT2D eigenvalue weighted by atomic mass is 10.0. The predicted octanol–water partition coefficient (Wildman–Crippen LogP) is 5.06. The standard InChI is InChI=1S/C22H21BrN2O2/c1-11-5-12(2)19(13(3)6-11)24-22(27)18-10-25-14(4)7-15-8-16(23)9-17(20(15)25)21(18)26/h5-6,8-10,14H,7H2,1-4H3,(H,24,27). The van der Waals surface area contributed by atoms with Crippen molar-refractivity contribution >= 4 is 38.4 Å². The van der Waals surface area contributed by atoms with Gasteiger partial charge in [0.2, 0.25) is 5.43 Å². The number of pyridine rings is 1. The van der Waals surface area contributed by atoms with Crippen molar-refractivity contribution in [1.82, 2.24) is 4.57 Å². The molecular formula is C22H21BrN2O2. The Morgan fingerprint density at radius 2 is 1.81 bits per heavy atom. The largest absolute Gasteiger partial charge is 0.343 e. The molecule has 3 aromatic rings. The van der Waals surface area contributed by atoms with Gasteiger partial charge in [-0.2, -0.15) is 0 Å². The number of hydrogen-bond donors (Lipinski definition) is 1. The molecule has 1 aromatic heterocycles. The molecule has 2 aromatic carbocycles. The smallest absolute Gasteiger partial charge is 0.261 e. The molecule has 1 amide bonds. The van der Waals surface area contributed by atoms with Crippen molar-refractivity contribution in [2.75, 3.05) is 5.32 Å². The van der Waals surface area contributed by atoms with Crippen LogP contribution in [0.2, 0.25) is 0 Å². The number of nitrogens with zero attached hydrogens (tertiary/aromatic N) is 1. The predicted molar refractivity (Wildman–Crippen MR) is 113 cm³/mol. The maximum atomic E-state index is 13.1. The van der Waals surface area contributed by atoms with E-state index in [0.29, 0.717) is 5.39 Å². The fourth-order valence-electron chi connectivity index (χ4n) is 4.18. The van der Waals surface area contributed by atoms with Crippen LogP contribution in [0, 0.1) is 20.8 Å². The lowest BCUT2D eigenvalue weighted by Crippen LogP contribution is -2.24. The molecule has 4 rings (SSSR count). The van der Waals surface area contributed by atoms with Crippen molar-refractivity contribution < 1.29 is 4.79 Å². The van der Waals surface area contributed by atoms with Gasteiger partial charge < -0.3 is 9.88 Å². The molecule has 0 saturated heterocycles. The zero-order valence-corrected chi connectivity index (χ0v) is 17.4. The first-order chi connectivity index (χ1) is 12.8. The van der Waals surface area contributed by atoms with Crippen LogP contribution in [0.25, 0.3) is 10.9 Å². The average molecular weight is 425 g/mol. The fraction of sp³-hybridized carbons (Fsp3) is 0.273. The molecule has 5 heteroatoms. The van der Waals surface area contributed by atoms with Crippen molar-refractivity contribution in [3.05, 3.63) is 73.0 Å². The molecule has 0 saturated carbocycles. The van der Waals surface area contributed by atoms with Crippen LogP contribution < -0.4 is 10.7 Å². The summed E-state index contributed by atoms with van der Waals surface area (Å²) in [4.78, 5) is 26.1. The first-order valence-electron chi connectivity index (χ1n) is 9.02. The van der Waals surface area contributed by atoms with Gasteiger partial charge in [0.05, 0.1) is 5.52 Å². The molecule has 0 fully saturated rings. The summed E-state index contributed by atoms with van der Waals surface area (Å²) in [5.74, 6) is -0.360. The maximum Gasteiger partial charge on any atom is 0.261 e. The van der Waals surface area contributed by atoms with Crippen molar-refractivity contribution in [3.63, 3.8) is 0 Å². The van der Waals surface area contributed by atoms with E-state index in [1.165, 1.54) is 0 Å². The van der Waals surface area contributed by atoms with Crippen molar-refractivity contribution in [2.45, 2.75) is 40.2 Å². The maximum absolute atomic E-state index is 13.1. The van der Waals surface area contributed by atoms with E-state index in [2.05, 4.69) is 38.8 Å². The normalized spacial score (nSPS) is 15.4. The van der Waals surface area contributed by atoms with E-state index < -0.39 is 0 Å². The van der Waals surface area contributed by atoms with E-state index in [9.17, 15) is 9.59 Å². The monoisotopic (exact) mass is 424 g/mol. The van der Waals surface area contributed by atoms with E-state index in [-0.39, 0.29) is 22.9 Å². The minimum absolute atomic E-state index is 0.180. The molecule has 1 atom stereocenters. The highest BCUT2D eigenvalue weighted by molar-refractivity contribution is 9.10. The summed E-state index contributed by atoms with van der Waals surface area (Å²) in [6, 6.07) is 8.14. The first kappa shape index (κ1) is 18.0. The van der Waals surface area contributed by atoms with E-state index in [0.717, 1.165) is 44.4 Å². The van der Waals surface area contributed by atoms with Gasteiger partial charge in [-0.25, -0.2) is 0 Å². The summed E-state index contributed by atoms with van der Waals surface area (Å²) in [6.45, 7) is 8.07. The molecule has 0 aliphatic carbocycles. The summed E-state index contributed by atoms with van der Waals surface area (Å²) in [6.07, 6.45) is 2.57. The zero-order valence-electron chi connectivity index (χ0n) is 15.8. The second kappa shape index (κ2) is 6.34. The number of amides is 1. The quantitative estimate of drug-likeness (QED) is 0.624. The summed E-state index contributed by atoms with van der Waals surface area (Å²) in [7, 11) is 0. The van der Waals surface area contributed by atoms with Gasteiger partial charge in [-0.1, -0.05) is 33.6 Å². The Labute approximate surface area is 166 Å². The first-order valence-corrected chi connectivity index (χ1v) is 9.82. The third-order valence-corrected chi connectivity index (χ3v) is 5.78. The number of aryl methyl sites for hydroxylation is 3. The molecule has 0 radical (unpaired) electrons. The van der Waals surface area contributed by atoms with Crippen molar-refractivity contribution in [2.24, 2.45) is 0 Å². The highest BCUT2D eigenvalue weighted by atomic mass is 79.9. The van der Waals surface area contributed by atoms with Gasteiger partial charge in [-0.3, -0.25) is 9.59 Å². The molecule has 1 unspecified atom stereocenters. The molecule has 0 bridgehead atoms. The topological polar surface area (TPSA) is 51.1 Å². The number of rotatable bonds is 2. The van der Waals surface area contributed by atoms with Crippen LogP contribution >= 0.6 is 15.9 Å². The van der Waals surface area contributed by atoms with Crippen LogP contribution in [0.3, 0.4) is 0 Å². The Morgan fingerprint density at radius 3 is 2.48 bits per heavy atom. The Hall–Kier alpha value is -2.40. The number of benzene rings is 2. The molecule has 2 heterocycles. The minimum atomic E-state index is -0.360. The van der Waals surface area contributed by atoms with E-state index in [1.807, 2.05) is 39.0 Å². The van der Waals surface area contributed by atoms with E-state index >= 15 is 0 Å². The van der Waals surface area contributed by atoms with Gasteiger partial charge in [0.25, 0.3) is 5.91 Å². The van der Waals surface area contributed by atoms with E-state index in [1.54, 1.807) is 6.20 Å².